The summed E-state index contributed by atoms with van der Waals surface area (Å²) in [6.07, 6.45) is 1.74. The molecule has 0 aliphatic heterocycles. The third-order valence-electron chi connectivity index (χ3n) is 3.82. The van der Waals surface area contributed by atoms with Crippen molar-refractivity contribution in [1.82, 2.24) is 0 Å². The van der Waals surface area contributed by atoms with E-state index >= 15 is 0 Å². The van der Waals surface area contributed by atoms with Gasteiger partial charge in [-0.1, -0.05) is 42.5 Å². The molecule has 1 aromatic rings. The molecule has 24 heavy (non-hydrogen) atoms. The first-order valence-electron chi connectivity index (χ1n) is 6.65. The number of hydrogen-bond acceptors (Lipinski definition) is 4. The molecular formula is C16H12O8. The number of hydrogen-bond donors (Lipinski definition) is 4. The van der Waals surface area contributed by atoms with E-state index in [0.29, 0.717) is 11.6 Å². The molecule has 0 fully saturated rings. The fourth-order valence-electron chi connectivity index (χ4n) is 2.69. The van der Waals surface area contributed by atoms with E-state index in [1.54, 1.807) is 18.2 Å². The molecular weight excluding hydrogens is 320 g/mol. The largest absolute Gasteiger partial charge is 0.481 e. The summed E-state index contributed by atoms with van der Waals surface area (Å²) in [5, 5.41) is 37.5. The van der Waals surface area contributed by atoms with Crippen LogP contribution in [-0.4, -0.2) is 44.3 Å². The van der Waals surface area contributed by atoms with Crippen LogP contribution in [0, 0.1) is 11.3 Å². The highest BCUT2D eigenvalue weighted by Crippen LogP contribution is 2.44. The van der Waals surface area contributed by atoms with Crippen LogP contribution in [0.5, 0.6) is 0 Å². The van der Waals surface area contributed by atoms with Gasteiger partial charge in [-0.05, 0) is 11.1 Å². The lowest BCUT2D eigenvalue weighted by atomic mass is 9.66. The zero-order chi connectivity index (χ0) is 18.1. The van der Waals surface area contributed by atoms with Crippen molar-refractivity contribution < 1.29 is 39.6 Å². The normalized spacial score (nSPS) is 18.9. The Morgan fingerprint density at radius 2 is 1.42 bits per heavy atom. The fourth-order valence-corrected chi connectivity index (χ4v) is 2.69. The maximum absolute atomic E-state index is 11.6. The lowest BCUT2D eigenvalue weighted by Crippen LogP contribution is -2.50. The molecule has 1 aromatic carbocycles. The molecule has 2 rings (SSSR count). The summed E-state index contributed by atoms with van der Waals surface area (Å²) in [6, 6.07) is 7.85. The molecule has 0 saturated heterocycles. The topological polar surface area (TPSA) is 149 Å². The molecule has 0 aromatic heterocycles. The van der Waals surface area contributed by atoms with Crippen molar-refractivity contribution >= 4 is 29.5 Å². The van der Waals surface area contributed by atoms with Crippen LogP contribution < -0.4 is 0 Å². The lowest BCUT2D eigenvalue weighted by molar-refractivity contribution is -0.170. The fraction of sp³-hybridized carbons (Fsp3) is 0.125. The Labute approximate surface area is 135 Å². The standard InChI is InChI=1S/C16H12O8/c17-12(18)10-9(8-4-2-1-3-5-8)6-7-16(14(21)22,15(23)24)11(10)13(19)20/h1-7,11H,(H,17,18)(H,19,20)(H,21,22)(H,23,24). The maximum Gasteiger partial charge on any atom is 0.333 e. The van der Waals surface area contributed by atoms with E-state index < -0.39 is 40.8 Å². The summed E-state index contributed by atoms with van der Waals surface area (Å²) in [6.45, 7) is 0. The van der Waals surface area contributed by atoms with Gasteiger partial charge in [-0.3, -0.25) is 14.4 Å². The van der Waals surface area contributed by atoms with E-state index in [4.69, 9.17) is 0 Å². The summed E-state index contributed by atoms with van der Waals surface area (Å²) in [5.74, 6) is -9.74. The summed E-state index contributed by atoms with van der Waals surface area (Å²) >= 11 is 0. The van der Waals surface area contributed by atoms with Crippen molar-refractivity contribution in [2.24, 2.45) is 11.3 Å². The van der Waals surface area contributed by atoms with Gasteiger partial charge in [-0.15, -0.1) is 0 Å². The van der Waals surface area contributed by atoms with Gasteiger partial charge in [-0.2, -0.15) is 0 Å². The summed E-state index contributed by atoms with van der Waals surface area (Å²) in [5.41, 5.74) is -3.41. The average Bonchev–Trinajstić information content (AvgIpc) is 2.53. The van der Waals surface area contributed by atoms with Gasteiger partial charge < -0.3 is 20.4 Å². The number of aliphatic carboxylic acids is 4. The monoisotopic (exact) mass is 332 g/mol. The third kappa shape index (κ3) is 2.43. The molecule has 124 valence electrons. The van der Waals surface area contributed by atoms with Crippen LogP contribution >= 0.6 is 0 Å². The lowest BCUT2D eigenvalue weighted by Gasteiger charge is -2.32. The second-order valence-corrected chi connectivity index (χ2v) is 5.08. The highest BCUT2D eigenvalue weighted by atomic mass is 16.4. The average molecular weight is 332 g/mol. The highest BCUT2D eigenvalue weighted by Gasteiger charge is 2.59. The van der Waals surface area contributed by atoms with Gasteiger partial charge in [0.05, 0.1) is 5.57 Å². The Morgan fingerprint density at radius 1 is 0.875 bits per heavy atom. The number of carbonyl (C=O) groups is 4. The van der Waals surface area contributed by atoms with Crippen LogP contribution in [0.2, 0.25) is 0 Å². The Balaban J connectivity index is 2.83. The Hall–Kier alpha value is -3.42. The molecule has 1 atom stereocenters. The molecule has 0 amide bonds. The number of carboxylic acids is 4. The van der Waals surface area contributed by atoms with E-state index in [9.17, 15) is 39.6 Å². The van der Waals surface area contributed by atoms with Crippen molar-refractivity contribution in [3.63, 3.8) is 0 Å². The Morgan fingerprint density at radius 3 is 1.83 bits per heavy atom. The number of carboxylic acid groups (broad SMARTS) is 4. The summed E-state index contributed by atoms with van der Waals surface area (Å²) in [4.78, 5) is 46.3. The van der Waals surface area contributed by atoms with Gasteiger partial charge in [0.2, 0.25) is 5.41 Å². The quantitative estimate of drug-likeness (QED) is 0.582. The van der Waals surface area contributed by atoms with Gasteiger partial charge in [0.25, 0.3) is 0 Å². The molecule has 0 heterocycles. The number of allylic oxidation sites excluding steroid dienone is 2. The molecule has 0 spiro atoms. The SMILES string of the molecule is O=C(O)C1=C(c2ccccc2)C=CC(C(=O)O)(C(=O)O)C1C(=O)O. The molecule has 8 nitrogen and oxygen atoms in total. The van der Waals surface area contributed by atoms with Crippen molar-refractivity contribution in [3.8, 4) is 0 Å². The molecule has 1 unspecified atom stereocenters. The number of benzene rings is 1. The van der Waals surface area contributed by atoms with Crippen molar-refractivity contribution in [2.75, 3.05) is 0 Å². The molecule has 0 bridgehead atoms. The summed E-state index contributed by atoms with van der Waals surface area (Å²) in [7, 11) is 0. The minimum Gasteiger partial charge on any atom is -0.481 e. The minimum atomic E-state index is -2.90. The highest BCUT2D eigenvalue weighted by molar-refractivity contribution is 6.13. The minimum absolute atomic E-state index is 0.0476. The smallest absolute Gasteiger partial charge is 0.333 e. The van der Waals surface area contributed by atoms with Crippen LogP contribution in [0.15, 0.2) is 48.1 Å². The maximum atomic E-state index is 11.6. The first kappa shape index (κ1) is 16.9. The Bertz CT molecular complexity index is 774. The van der Waals surface area contributed by atoms with E-state index in [0.717, 1.165) is 6.08 Å². The van der Waals surface area contributed by atoms with E-state index in [-0.39, 0.29) is 5.57 Å². The third-order valence-corrected chi connectivity index (χ3v) is 3.82. The van der Waals surface area contributed by atoms with Gasteiger partial charge in [0.1, 0.15) is 5.92 Å². The van der Waals surface area contributed by atoms with Crippen LogP contribution in [0.25, 0.3) is 5.57 Å². The van der Waals surface area contributed by atoms with Gasteiger partial charge in [-0.25, -0.2) is 4.79 Å². The van der Waals surface area contributed by atoms with Crippen molar-refractivity contribution in [1.29, 1.82) is 0 Å². The van der Waals surface area contributed by atoms with Crippen LogP contribution in [0.1, 0.15) is 5.56 Å². The Kier molecular flexibility index (Phi) is 4.23. The number of rotatable bonds is 5. The van der Waals surface area contributed by atoms with Crippen molar-refractivity contribution in [2.45, 2.75) is 0 Å². The van der Waals surface area contributed by atoms with Gasteiger partial charge in [0, 0.05) is 0 Å². The zero-order valence-electron chi connectivity index (χ0n) is 12.0. The molecule has 0 radical (unpaired) electrons. The second-order valence-electron chi connectivity index (χ2n) is 5.08. The second kappa shape index (κ2) is 5.99. The van der Waals surface area contributed by atoms with E-state index in [2.05, 4.69) is 0 Å². The molecule has 4 N–H and O–H groups in total. The first-order chi connectivity index (χ1) is 11.2. The van der Waals surface area contributed by atoms with Crippen LogP contribution in [-0.2, 0) is 19.2 Å². The molecule has 8 heteroatoms. The van der Waals surface area contributed by atoms with Gasteiger partial charge >= 0.3 is 23.9 Å². The molecule has 1 aliphatic rings. The first-order valence-corrected chi connectivity index (χ1v) is 6.65. The summed E-state index contributed by atoms with van der Waals surface area (Å²) < 4.78 is 0. The van der Waals surface area contributed by atoms with Crippen LogP contribution in [0.3, 0.4) is 0 Å². The molecule has 0 saturated carbocycles. The zero-order valence-corrected chi connectivity index (χ0v) is 12.0. The van der Waals surface area contributed by atoms with Gasteiger partial charge in [0.15, 0.2) is 0 Å². The van der Waals surface area contributed by atoms with Crippen LogP contribution in [0.4, 0.5) is 0 Å². The van der Waals surface area contributed by atoms with E-state index in [1.807, 2.05) is 0 Å². The predicted molar refractivity (Wildman–Crippen MR) is 79.0 cm³/mol. The van der Waals surface area contributed by atoms with E-state index in [1.165, 1.54) is 12.1 Å². The molecule has 1 aliphatic carbocycles. The van der Waals surface area contributed by atoms with Crippen molar-refractivity contribution in [3.05, 3.63) is 53.6 Å². The predicted octanol–water partition coefficient (Wildman–Crippen LogP) is 0.951.